The van der Waals surface area contributed by atoms with E-state index in [0.29, 0.717) is 49.6 Å². The lowest BCUT2D eigenvalue weighted by atomic mass is 10.1. The Kier molecular flexibility index (Phi) is 7.25. The molecule has 1 aliphatic rings. The monoisotopic (exact) mass is 413 g/mol. The van der Waals surface area contributed by atoms with E-state index < -0.39 is 0 Å². The lowest BCUT2D eigenvalue weighted by Gasteiger charge is -2.35. The molecule has 0 aliphatic carbocycles. The van der Waals surface area contributed by atoms with Gasteiger partial charge >= 0.3 is 0 Å². The van der Waals surface area contributed by atoms with Gasteiger partial charge < -0.3 is 15.1 Å². The van der Waals surface area contributed by atoms with Gasteiger partial charge in [0.15, 0.2) is 0 Å². The van der Waals surface area contributed by atoms with Crippen molar-refractivity contribution in [3.05, 3.63) is 70.7 Å². The Balaban J connectivity index is 1.39. The fourth-order valence-corrected chi connectivity index (χ4v) is 3.35. The second-order valence-electron chi connectivity index (χ2n) is 6.94. The number of hydrogen-bond acceptors (Lipinski definition) is 3. The molecule has 152 valence electrons. The quantitative estimate of drug-likeness (QED) is 0.790. The van der Waals surface area contributed by atoms with E-state index in [2.05, 4.69) is 5.32 Å². The standard InChI is InChI=1S/C22H24ClN3O3/c23-19-9-6-17(7-10-19)8-11-20(27)25-12-14-26(15-13-25)21(28)16-24-22(29)18-4-2-1-3-5-18/h1-7,9-10H,8,11-16H2,(H,24,29). The molecule has 1 N–H and O–H groups in total. The molecular formula is C22H24ClN3O3. The van der Waals surface area contributed by atoms with Crippen LogP contribution in [0.2, 0.25) is 5.02 Å². The highest BCUT2D eigenvalue weighted by atomic mass is 35.5. The summed E-state index contributed by atoms with van der Waals surface area (Å²) in [5.74, 6) is -0.318. The van der Waals surface area contributed by atoms with Crippen LogP contribution < -0.4 is 5.32 Å². The van der Waals surface area contributed by atoms with Gasteiger partial charge in [0.25, 0.3) is 5.91 Å². The topological polar surface area (TPSA) is 69.7 Å². The van der Waals surface area contributed by atoms with Crippen LogP contribution in [0, 0.1) is 0 Å². The van der Waals surface area contributed by atoms with Gasteiger partial charge in [0.1, 0.15) is 0 Å². The fourth-order valence-electron chi connectivity index (χ4n) is 3.22. The predicted octanol–water partition coefficient (Wildman–Crippen LogP) is 2.37. The van der Waals surface area contributed by atoms with E-state index in [-0.39, 0.29) is 24.3 Å². The van der Waals surface area contributed by atoms with Crippen LogP contribution in [0.4, 0.5) is 0 Å². The number of benzene rings is 2. The van der Waals surface area contributed by atoms with Crippen molar-refractivity contribution in [3.8, 4) is 0 Å². The van der Waals surface area contributed by atoms with E-state index in [1.54, 1.807) is 34.1 Å². The molecule has 0 aromatic heterocycles. The van der Waals surface area contributed by atoms with Crippen LogP contribution in [0.1, 0.15) is 22.3 Å². The maximum Gasteiger partial charge on any atom is 0.251 e. The molecule has 6 nitrogen and oxygen atoms in total. The molecule has 0 radical (unpaired) electrons. The zero-order chi connectivity index (χ0) is 20.6. The third-order valence-corrected chi connectivity index (χ3v) is 5.21. The van der Waals surface area contributed by atoms with Crippen molar-refractivity contribution in [1.82, 2.24) is 15.1 Å². The summed E-state index contributed by atoms with van der Waals surface area (Å²) in [6.07, 6.45) is 1.10. The van der Waals surface area contributed by atoms with Gasteiger partial charge in [-0.05, 0) is 36.2 Å². The van der Waals surface area contributed by atoms with Gasteiger partial charge in [-0.1, -0.05) is 41.9 Å². The Bertz CT molecular complexity index is 847. The highest BCUT2D eigenvalue weighted by molar-refractivity contribution is 6.30. The van der Waals surface area contributed by atoms with Crippen molar-refractivity contribution in [1.29, 1.82) is 0 Å². The molecule has 2 aromatic carbocycles. The normalized spacial score (nSPS) is 13.8. The molecule has 0 saturated carbocycles. The highest BCUT2D eigenvalue weighted by Crippen LogP contribution is 2.12. The van der Waals surface area contributed by atoms with Gasteiger partial charge in [-0.25, -0.2) is 0 Å². The van der Waals surface area contributed by atoms with E-state index in [1.807, 2.05) is 30.3 Å². The Morgan fingerprint density at radius 2 is 1.41 bits per heavy atom. The molecule has 1 saturated heterocycles. The van der Waals surface area contributed by atoms with Crippen LogP contribution in [0.5, 0.6) is 0 Å². The fraction of sp³-hybridized carbons (Fsp3) is 0.318. The smallest absolute Gasteiger partial charge is 0.251 e. The Morgan fingerprint density at radius 1 is 0.828 bits per heavy atom. The Labute approximate surface area is 175 Å². The summed E-state index contributed by atoms with van der Waals surface area (Å²) in [5.41, 5.74) is 1.60. The lowest BCUT2D eigenvalue weighted by molar-refractivity contribution is -0.138. The SMILES string of the molecule is O=C(NCC(=O)N1CCN(C(=O)CCc2ccc(Cl)cc2)CC1)c1ccccc1. The number of amides is 3. The van der Waals surface area contributed by atoms with E-state index >= 15 is 0 Å². The maximum atomic E-state index is 12.4. The minimum Gasteiger partial charge on any atom is -0.343 e. The van der Waals surface area contributed by atoms with E-state index in [0.717, 1.165) is 5.56 Å². The third kappa shape index (κ3) is 6.06. The summed E-state index contributed by atoms with van der Waals surface area (Å²) in [6.45, 7) is 1.94. The number of halogens is 1. The number of carbonyl (C=O) groups is 3. The first kappa shape index (κ1) is 20.9. The van der Waals surface area contributed by atoms with Gasteiger partial charge in [-0.2, -0.15) is 0 Å². The largest absolute Gasteiger partial charge is 0.343 e. The third-order valence-electron chi connectivity index (χ3n) is 4.96. The Morgan fingerprint density at radius 3 is 2.03 bits per heavy atom. The summed E-state index contributed by atoms with van der Waals surface area (Å²) in [4.78, 5) is 40.3. The molecular weight excluding hydrogens is 390 g/mol. The minimum absolute atomic E-state index is 0.0434. The molecule has 29 heavy (non-hydrogen) atoms. The molecule has 3 rings (SSSR count). The van der Waals surface area contributed by atoms with Crippen molar-refractivity contribution in [3.63, 3.8) is 0 Å². The summed E-state index contributed by atoms with van der Waals surface area (Å²) >= 11 is 5.88. The second kappa shape index (κ2) is 10.1. The van der Waals surface area contributed by atoms with Crippen molar-refractivity contribution in [2.24, 2.45) is 0 Å². The van der Waals surface area contributed by atoms with Crippen LogP contribution in [-0.4, -0.2) is 60.2 Å². The zero-order valence-corrected chi connectivity index (χ0v) is 16.9. The van der Waals surface area contributed by atoms with Crippen LogP contribution >= 0.6 is 11.6 Å². The first-order valence-electron chi connectivity index (χ1n) is 9.66. The van der Waals surface area contributed by atoms with Gasteiger partial charge in [-0.15, -0.1) is 0 Å². The molecule has 3 amide bonds. The number of rotatable bonds is 6. The Hall–Kier alpha value is -2.86. The molecule has 7 heteroatoms. The average Bonchev–Trinajstić information content (AvgIpc) is 2.77. The summed E-state index contributed by atoms with van der Waals surface area (Å²) < 4.78 is 0. The van der Waals surface area contributed by atoms with Crippen LogP contribution in [0.25, 0.3) is 0 Å². The number of carbonyl (C=O) groups excluding carboxylic acids is 3. The first-order chi connectivity index (χ1) is 14.0. The number of piperazine rings is 1. The maximum absolute atomic E-state index is 12.4. The molecule has 0 atom stereocenters. The summed E-state index contributed by atoms with van der Waals surface area (Å²) in [6, 6.07) is 16.3. The van der Waals surface area contributed by atoms with E-state index in [4.69, 9.17) is 11.6 Å². The average molecular weight is 414 g/mol. The minimum atomic E-state index is -0.269. The number of hydrogen-bond donors (Lipinski definition) is 1. The van der Waals surface area contributed by atoms with Crippen molar-refractivity contribution < 1.29 is 14.4 Å². The van der Waals surface area contributed by atoms with Crippen molar-refractivity contribution >= 4 is 29.3 Å². The molecule has 1 heterocycles. The summed E-state index contributed by atoms with van der Waals surface area (Å²) in [7, 11) is 0. The van der Waals surface area contributed by atoms with Gasteiger partial charge in [0.05, 0.1) is 6.54 Å². The van der Waals surface area contributed by atoms with Crippen LogP contribution in [0.3, 0.4) is 0 Å². The predicted molar refractivity (Wildman–Crippen MR) is 112 cm³/mol. The van der Waals surface area contributed by atoms with Crippen molar-refractivity contribution in [2.45, 2.75) is 12.8 Å². The van der Waals surface area contributed by atoms with Gasteiger partial charge in [-0.3, -0.25) is 14.4 Å². The highest BCUT2D eigenvalue weighted by Gasteiger charge is 2.24. The number of nitrogens with zero attached hydrogens (tertiary/aromatic N) is 2. The zero-order valence-electron chi connectivity index (χ0n) is 16.1. The lowest BCUT2D eigenvalue weighted by Crippen LogP contribution is -2.52. The molecule has 0 spiro atoms. The molecule has 1 fully saturated rings. The van der Waals surface area contributed by atoms with Gasteiger partial charge in [0.2, 0.25) is 11.8 Å². The first-order valence-corrected chi connectivity index (χ1v) is 10.0. The van der Waals surface area contributed by atoms with E-state index in [9.17, 15) is 14.4 Å². The van der Waals surface area contributed by atoms with Gasteiger partial charge in [0, 0.05) is 43.2 Å². The second-order valence-corrected chi connectivity index (χ2v) is 7.37. The number of aryl methyl sites for hydroxylation is 1. The molecule has 0 bridgehead atoms. The van der Waals surface area contributed by atoms with Crippen LogP contribution in [0.15, 0.2) is 54.6 Å². The molecule has 2 aromatic rings. The van der Waals surface area contributed by atoms with E-state index in [1.165, 1.54) is 0 Å². The van der Waals surface area contributed by atoms with Crippen LogP contribution in [-0.2, 0) is 16.0 Å². The number of nitrogens with one attached hydrogen (secondary N) is 1. The summed E-state index contributed by atoms with van der Waals surface area (Å²) in [5, 5.41) is 3.33. The molecule has 1 aliphatic heterocycles. The van der Waals surface area contributed by atoms with Crippen molar-refractivity contribution in [2.75, 3.05) is 32.7 Å². The molecule has 0 unspecified atom stereocenters.